The van der Waals surface area contributed by atoms with Crippen molar-refractivity contribution in [1.29, 1.82) is 0 Å². The fourth-order valence-corrected chi connectivity index (χ4v) is 2.57. The lowest BCUT2D eigenvalue weighted by molar-refractivity contribution is 0.100. The summed E-state index contributed by atoms with van der Waals surface area (Å²) < 4.78 is 1.83. The molecular weight excluding hydrogens is 294 g/mol. The number of rotatable bonds is 2. The largest absolute Gasteiger partial charge is 0.324 e. The second-order valence-corrected chi connectivity index (χ2v) is 5.08. The van der Waals surface area contributed by atoms with Crippen LogP contribution >= 0.6 is 43.2 Å². The lowest BCUT2D eigenvalue weighted by Crippen LogP contribution is -2.11. The minimum absolute atomic E-state index is 0.0265. The van der Waals surface area contributed by atoms with Crippen molar-refractivity contribution < 1.29 is 4.79 Å². The Kier molecular flexibility index (Phi) is 3.24. The minimum atomic E-state index is -0.0265. The zero-order valence-corrected chi connectivity index (χ0v) is 9.42. The molecule has 0 saturated heterocycles. The molecule has 0 amide bonds. The number of halogens is 2. The van der Waals surface area contributed by atoms with Gasteiger partial charge in [0, 0.05) is 4.47 Å². The normalized spacial score (nSPS) is 10.1. The van der Waals surface area contributed by atoms with E-state index in [1.807, 2.05) is 0 Å². The average molecular weight is 299 g/mol. The van der Waals surface area contributed by atoms with Crippen molar-refractivity contribution in [3.8, 4) is 0 Å². The number of hydrogen-bond acceptors (Lipinski definition) is 3. The van der Waals surface area contributed by atoms with Crippen LogP contribution in [0.25, 0.3) is 0 Å². The lowest BCUT2D eigenvalue weighted by atomic mass is 10.3. The van der Waals surface area contributed by atoms with E-state index in [4.69, 9.17) is 5.73 Å². The summed E-state index contributed by atoms with van der Waals surface area (Å²) in [7, 11) is 0. The molecule has 5 heteroatoms. The van der Waals surface area contributed by atoms with E-state index in [-0.39, 0.29) is 12.3 Å². The first-order valence-corrected chi connectivity index (χ1v) is 5.23. The number of Topliss-reactive ketones (excluding diaryl/α,β-unsaturated/α-hetero) is 1. The van der Waals surface area contributed by atoms with Gasteiger partial charge in [0.15, 0.2) is 5.78 Å². The highest BCUT2D eigenvalue weighted by molar-refractivity contribution is 9.13. The van der Waals surface area contributed by atoms with Crippen molar-refractivity contribution in [1.82, 2.24) is 0 Å². The van der Waals surface area contributed by atoms with Gasteiger partial charge in [-0.15, -0.1) is 11.3 Å². The predicted octanol–water partition coefficient (Wildman–Crippen LogP) is 2.41. The third-order valence-corrected chi connectivity index (χ3v) is 4.40. The summed E-state index contributed by atoms with van der Waals surface area (Å²) in [5, 5.41) is 0. The summed E-state index contributed by atoms with van der Waals surface area (Å²) in [6.45, 7) is 0.0688. The Labute approximate surface area is 85.0 Å². The van der Waals surface area contributed by atoms with Gasteiger partial charge in [0.05, 0.1) is 15.2 Å². The molecule has 2 nitrogen and oxygen atoms in total. The van der Waals surface area contributed by atoms with Gasteiger partial charge in [0.2, 0.25) is 0 Å². The zero-order chi connectivity index (χ0) is 8.43. The average Bonchev–Trinajstić information content (AvgIpc) is 2.31. The Morgan fingerprint density at radius 1 is 1.64 bits per heavy atom. The summed E-state index contributed by atoms with van der Waals surface area (Å²) in [5.41, 5.74) is 5.19. The molecule has 0 aromatic carbocycles. The Morgan fingerprint density at radius 3 is 2.64 bits per heavy atom. The third-order valence-electron chi connectivity index (χ3n) is 1.11. The maximum atomic E-state index is 11.0. The van der Waals surface area contributed by atoms with E-state index in [0.29, 0.717) is 4.88 Å². The molecule has 0 bridgehead atoms. The van der Waals surface area contributed by atoms with E-state index >= 15 is 0 Å². The van der Waals surface area contributed by atoms with Crippen molar-refractivity contribution in [2.75, 3.05) is 6.54 Å². The molecule has 11 heavy (non-hydrogen) atoms. The molecule has 2 N–H and O–H groups in total. The maximum Gasteiger partial charge on any atom is 0.186 e. The van der Waals surface area contributed by atoms with Gasteiger partial charge in [-0.05, 0) is 37.9 Å². The second-order valence-electron chi connectivity index (χ2n) is 1.86. The van der Waals surface area contributed by atoms with Crippen LogP contribution in [0.3, 0.4) is 0 Å². The van der Waals surface area contributed by atoms with Crippen molar-refractivity contribution in [3.63, 3.8) is 0 Å². The Morgan fingerprint density at radius 2 is 2.27 bits per heavy atom. The fourth-order valence-electron chi connectivity index (χ4n) is 0.585. The zero-order valence-electron chi connectivity index (χ0n) is 5.43. The van der Waals surface area contributed by atoms with Gasteiger partial charge in [-0.25, -0.2) is 0 Å². The quantitative estimate of drug-likeness (QED) is 0.852. The molecule has 1 aromatic rings. The van der Waals surface area contributed by atoms with Crippen LogP contribution in [0.2, 0.25) is 0 Å². The monoisotopic (exact) mass is 297 g/mol. The van der Waals surface area contributed by atoms with Gasteiger partial charge in [0.1, 0.15) is 0 Å². The molecule has 0 fully saturated rings. The van der Waals surface area contributed by atoms with Gasteiger partial charge in [0.25, 0.3) is 0 Å². The summed E-state index contributed by atoms with van der Waals surface area (Å²) in [6.07, 6.45) is 0. The van der Waals surface area contributed by atoms with Gasteiger partial charge < -0.3 is 5.73 Å². The maximum absolute atomic E-state index is 11.0. The van der Waals surface area contributed by atoms with Crippen LogP contribution in [0.1, 0.15) is 9.67 Å². The summed E-state index contributed by atoms with van der Waals surface area (Å²) >= 11 is 7.96. The molecule has 0 radical (unpaired) electrons. The van der Waals surface area contributed by atoms with Gasteiger partial charge in [-0.2, -0.15) is 0 Å². The topological polar surface area (TPSA) is 43.1 Å². The minimum Gasteiger partial charge on any atom is -0.324 e. The molecule has 0 aliphatic rings. The van der Waals surface area contributed by atoms with Crippen molar-refractivity contribution in [2.45, 2.75) is 0 Å². The number of ketones is 1. The van der Waals surface area contributed by atoms with Crippen LogP contribution in [0.15, 0.2) is 14.3 Å². The third kappa shape index (κ3) is 2.11. The van der Waals surface area contributed by atoms with E-state index < -0.39 is 0 Å². The van der Waals surface area contributed by atoms with Crippen molar-refractivity contribution >= 4 is 49.0 Å². The van der Waals surface area contributed by atoms with E-state index in [9.17, 15) is 4.79 Å². The van der Waals surface area contributed by atoms with Crippen molar-refractivity contribution in [2.24, 2.45) is 5.73 Å². The number of thiophene rings is 1. The summed E-state index contributed by atoms with van der Waals surface area (Å²) in [4.78, 5) is 11.7. The standard InChI is InChI=1S/C6H5Br2NOS/c7-3-1-5(4(10)2-9)11-6(3)8/h1H,2,9H2. The highest BCUT2D eigenvalue weighted by atomic mass is 79.9. The number of hydrogen-bond donors (Lipinski definition) is 1. The van der Waals surface area contributed by atoms with E-state index in [1.54, 1.807) is 6.07 Å². The first-order chi connectivity index (χ1) is 5.15. The van der Waals surface area contributed by atoms with Gasteiger partial charge in [-0.1, -0.05) is 0 Å². The molecule has 0 unspecified atom stereocenters. The molecule has 0 aliphatic carbocycles. The fraction of sp³-hybridized carbons (Fsp3) is 0.167. The molecule has 1 heterocycles. The summed E-state index contributed by atoms with van der Waals surface area (Å²) in [5.74, 6) is -0.0265. The SMILES string of the molecule is NCC(=O)c1cc(Br)c(Br)s1. The van der Waals surface area contributed by atoms with Crippen LogP contribution in [0.4, 0.5) is 0 Å². The predicted molar refractivity (Wildman–Crippen MR) is 53.1 cm³/mol. The number of nitrogens with two attached hydrogens (primary N) is 1. The highest BCUT2D eigenvalue weighted by Gasteiger charge is 2.09. The number of carbonyl (C=O) groups is 1. The van der Waals surface area contributed by atoms with Crippen LogP contribution < -0.4 is 5.73 Å². The smallest absolute Gasteiger partial charge is 0.186 e. The van der Waals surface area contributed by atoms with Crippen LogP contribution in [-0.2, 0) is 0 Å². The van der Waals surface area contributed by atoms with Crippen LogP contribution in [-0.4, -0.2) is 12.3 Å². The van der Waals surface area contributed by atoms with E-state index in [0.717, 1.165) is 8.26 Å². The molecule has 0 saturated carbocycles. The molecular formula is C6H5Br2NOS. The van der Waals surface area contributed by atoms with Crippen molar-refractivity contribution in [3.05, 3.63) is 19.2 Å². The Hall–Kier alpha value is 0.290. The number of carbonyl (C=O) groups excluding carboxylic acids is 1. The second kappa shape index (κ2) is 3.80. The van der Waals surface area contributed by atoms with Crippen LogP contribution in [0.5, 0.6) is 0 Å². The van der Waals surface area contributed by atoms with E-state index in [1.165, 1.54) is 11.3 Å². The van der Waals surface area contributed by atoms with E-state index in [2.05, 4.69) is 31.9 Å². The molecule has 0 aliphatic heterocycles. The molecule has 60 valence electrons. The van der Waals surface area contributed by atoms with Gasteiger partial charge >= 0.3 is 0 Å². The first kappa shape index (κ1) is 9.38. The van der Waals surface area contributed by atoms with Gasteiger partial charge in [-0.3, -0.25) is 4.79 Å². The highest BCUT2D eigenvalue weighted by Crippen LogP contribution is 2.32. The summed E-state index contributed by atoms with van der Waals surface area (Å²) in [6, 6.07) is 1.77. The molecule has 1 aromatic heterocycles. The Bertz CT molecular complexity index is 265. The Balaban J connectivity index is 2.97. The molecule has 0 atom stereocenters. The first-order valence-electron chi connectivity index (χ1n) is 2.83. The molecule has 0 spiro atoms. The van der Waals surface area contributed by atoms with Crippen LogP contribution in [0, 0.1) is 0 Å². The molecule has 1 rings (SSSR count). The lowest BCUT2D eigenvalue weighted by Gasteiger charge is -1.87.